The van der Waals surface area contributed by atoms with Crippen LogP contribution in [0.15, 0.2) is 4.47 Å². The van der Waals surface area contributed by atoms with Gasteiger partial charge in [0.05, 0.1) is 21.6 Å². The second-order valence-electron chi connectivity index (χ2n) is 4.76. The van der Waals surface area contributed by atoms with Crippen LogP contribution in [0.5, 0.6) is 0 Å². The second-order valence-corrected chi connectivity index (χ2v) is 6.75. The lowest BCUT2D eigenvalue weighted by Gasteiger charge is -2.13. The maximum absolute atomic E-state index is 12.3. The average Bonchev–Trinajstić information content (AvgIpc) is 2.83. The summed E-state index contributed by atoms with van der Waals surface area (Å²) in [7, 11) is 0. The van der Waals surface area contributed by atoms with Crippen molar-refractivity contribution in [3.8, 4) is 0 Å². The van der Waals surface area contributed by atoms with Gasteiger partial charge in [-0.3, -0.25) is 9.48 Å². The van der Waals surface area contributed by atoms with Crippen molar-refractivity contribution in [3.05, 3.63) is 26.4 Å². The van der Waals surface area contributed by atoms with Crippen molar-refractivity contribution in [3.63, 3.8) is 0 Å². The molecule has 0 aliphatic rings. The second kappa shape index (κ2) is 5.65. The fourth-order valence-corrected chi connectivity index (χ4v) is 2.95. The summed E-state index contributed by atoms with van der Waals surface area (Å²) < 4.78 is 2.67. The summed E-state index contributed by atoms with van der Waals surface area (Å²) in [6, 6.07) is -0.385. The van der Waals surface area contributed by atoms with Gasteiger partial charge in [-0.2, -0.15) is 5.10 Å². The summed E-state index contributed by atoms with van der Waals surface area (Å²) >= 11 is 4.96. The van der Waals surface area contributed by atoms with E-state index in [4.69, 9.17) is 0 Å². The molecule has 0 aromatic carbocycles. The van der Waals surface area contributed by atoms with Gasteiger partial charge in [-0.05, 0) is 50.5 Å². The minimum atomic E-state index is -0.385. The lowest BCUT2D eigenvalue weighted by Crippen LogP contribution is -2.25. The maximum Gasteiger partial charge on any atom is 0.250 e. The number of carbonyl (C=O) groups is 1. The highest BCUT2D eigenvalue weighted by Gasteiger charge is 2.21. The number of nitrogens with zero attached hydrogens (tertiary/aromatic N) is 3. The van der Waals surface area contributed by atoms with Crippen molar-refractivity contribution in [1.82, 2.24) is 14.8 Å². The Labute approximate surface area is 130 Å². The summed E-state index contributed by atoms with van der Waals surface area (Å²) in [6.45, 7) is 9.60. The highest BCUT2D eigenvalue weighted by Crippen LogP contribution is 2.25. The van der Waals surface area contributed by atoms with E-state index in [1.807, 2.05) is 34.6 Å². The Morgan fingerprint density at radius 3 is 2.40 bits per heavy atom. The number of nitrogens with one attached hydrogen (secondary N) is 1. The van der Waals surface area contributed by atoms with Crippen LogP contribution >= 0.6 is 27.3 Å². The summed E-state index contributed by atoms with van der Waals surface area (Å²) in [6.07, 6.45) is 0. The quantitative estimate of drug-likeness (QED) is 0.914. The van der Waals surface area contributed by atoms with Gasteiger partial charge in [0.25, 0.3) is 5.91 Å². The lowest BCUT2D eigenvalue weighted by molar-refractivity contribution is -0.119. The van der Waals surface area contributed by atoms with Gasteiger partial charge in [-0.25, -0.2) is 4.98 Å². The normalized spacial score (nSPS) is 12.5. The van der Waals surface area contributed by atoms with Crippen molar-refractivity contribution in [2.24, 2.45) is 0 Å². The van der Waals surface area contributed by atoms with Gasteiger partial charge in [0.15, 0.2) is 5.13 Å². The molecule has 2 rings (SSSR count). The number of carbonyl (C=O) groups excluding carboxylic acids is 1. The third-order valence-electron chi connectivity index (χ3n) is 3.24. The summed E-state index contributed by atoms with van der Waals surface area (Å²) in [5.74, 6) is -0.114. The van der Waals surface area contributed by atoms with Crippen LogP contribution < -0.4 is 5.32 Å². The zero-order valence-electron chi connectivity index (χ0n) is 12.1. The molecule has 2 aromatic heterocycles. The minimum Gasteiger partial charge on any atom is -0.300 e. The smallest absolute Gasteiger partial charge is 0.250 e. The van der Waals surface area contributed by atoms with Crippen molar-refractivity contribution in [2.75, 3.05) is 5.32 Å². The summed E-state index contributed by atoms with van der Waals surface area (Å²) in [5.41, 5.74) is 2.77. The first kappa shape index (κ1) is 15.2. The molecule has 2 aromatic rings. The van der Waals surface area contributed by atoms with Crippen molar-refractivity contribution < 1.29 is 4.79 Å². The van der Waals surface area contributed by atoms with Gasteiger partial charge in [0.1, 0.15) is 6.04 Å². The maximum atomic E-state index is 12.3. The molecule has 0 aliphatic carbocycles. The Balaban J connectivity index is 2.18. The van der Waals surface area contributed by atoms with Gasteiger partial charge < -0.3 is 5.32 Å². The van der Waals surface area contributed by atoms with Crippen LogP contribution in [0.4, 0.5) is 5.13 Å². The Bertz CT molecular complexity index is 642. The largest absolute Gasteiger partial charge is 0.300 e. The number of aromatic nitrogens is 3. The zero-order valence-corrected chi connectivity index (χ0v) is 14.5. The van der Waals surface area contributed by atoms with E-state index < -0.39 is 0 Å². The number of anilines is 1. The summed E-state index contributed by atoms with van der Waals surface area (Å²) in [5, 5.41) is 7.87. The zero-order chi connectivity index (χ0) is 15.0. The van der Waals surface area contributed by atoms with Crippen molar-refractivity contribution in [2.45, 2.75) is 40.7 Å². The van der Waals surface area contributed by atoms with E-state index >= 15 is 0 Å². The number of amides is 1. The van der Waals surface area contributed by atoms with Gasteiger partial charge in [0, 0.05) is 4.88 Å². The van der Waals surface area contributed by atoms with E-state index in [0.717, 1.165) is 26.4 Å². The number of thiazole rings is 1. The molecule has 1 atom stereocenters. The molecule has 7 heteroatoms. The molecule has 0 fully saturated rings. The number of aryl methyl sites for hydroxylation is 3. The molecule has 1 amide bonds. The number of hydrogen-bond donors (Lipinski definition) is 1. The molecule has 108 valence electrons. The van der Waals surface area contributed by atoms with E-state index in [2.05, 4.69) is 31.3 Å². The summed E-state index contributed by atoms with van der Waals surface area (Å²) in [4.78, 5) is 17.7. The number of rotatable bonds is 3. The molecule has 20 heavy (non-hydrogen) atoms. The number of halogens is 1. The highest BCUT2D eigenvalue weighted by atomic mass is 79.9. The molecule has 1 unspecified atom stereocenters. The van der Waals surface area contributed by atoms with E-state index in [-0.39, 0.29) is 11.9 Å². The highest BCUT2D eigenvalue weighted by molar-refractivity contribution is 9.10. The molecule has 5 nitrogen and oxygen atoms in total. The molecule has 0 saturated carbocycles. The average molecular weight is 357 g/mol. The Morgan fingerprint density at radius 1 is 1.30 bits per heavy atom. The first-order chi connectivity index (χ1) is 9.31. The SMILES string of the molecule is Cc1nc(NC(=O)C(C)n2nc(C)c(Br)c2C)sc1C. The number of hydrogen-bond acceptors (Lipinski definition) is 4. The fourth-order valence-electron chi connectivity index (χ4n) is 1.87. The van der Waals surface area contributed by atoms with Crippen molar-refractivity contribution >= 4 is 38.3 Å². The first-order valence-corrected chi connectivity index (χ1v) is 7.88. The van der Waals surface area contributed by atoms with Gasteiger partial charge >= 0.3 is 0 Å². The predicted octanol–water partition coefficient (Wildman–Crippen LogP) is 3.54. The van der Waals surface area contributed by atoms with Crippen LogP contribution in [-0.2, 0) is 4.79 Å². The molecule has 0 bridgehead atoms. The van der Waals surface area contributed by atoms with E-state index in [1.54, 1.807) is 4.68 Å². The Morgan fingerprint density at radius 2 is 1.95 bits per heavy atom. The van der Waals surface area contributed by atoms with Gasteiger partial charge in [-0.1, -0.05) is 0 Å². The van der Waals surface area contributed by atoms with Gasteiger partial charge in [0.2, 0.25) is 0 Å². The van der Waals surface area contributed by atoms with Crippen LogP contribution in [0, 0.1) is 27.7 Å². The standard InChI is InChI=1S/C13H17BrN4OS/c1-6-10(5)20-13(15-6)16-12(19)9(4)18-8(3)11(14)7(2)17-18/h9H,1-5H3,(H,15,16,19). The minimum absolute atomic E-state index is 0.114. The molecule has 1 N–H and O–H groups in total. The van der Waals surface area contributed by atoms with E-state index in [9.17, 15) is 4.79 Å². The van der Waals surface area contributed by atoms with Crippen LogP contribution in [-0.4, -0.2) is 20.7 Å². The predicted molar refractivity (Wildman–Crippen MR) is 84.3 cm³/mol. The molecule has 0 spiro atoms. The van der Waals surface area contributed by atoms with Crippen molar-refractivity contribution in [1.29, 1.82) is 0 Å². The fraction of sp³-hybridized carbons (Fsp3) is 0.462. The topological polar surface area (TPSA) is 59.8 Å². The Kier molecular flexibility index (Phi) is 4.29. The molecular formula is C13H17BrN4OS. The molecule has 0 saturated heterocycles. The third kappa shape index (κ3) is 2.78. The van der Waals surface area contributed by atoms with E-state index in [1.165, 1.54) is 11.3 Å². The Hall–Kier alpha value is -1.21. The van der Waals surface area contributed by atoms with Gasteiger partial charge in [-0.15, -0.1) is 11.3 Å². The molecule has 0 aliphatic heterocycles. The molecule has 2 heterocycles. The third-order valence-corrected chi connectivity index (χ3v) is 5.38. The molecule has 0 radical (unpaired) electrons. The van der Waals surface area contributed by atoms with Crippen LogP contribution in [0.3, 0.4) is 0 Å². The monoisotopic (exact) mass is 356 g/mol. The molecular weight excluding hydrogens is 340 g/mol. The van der Waals surface area contributed by atoms with E-state index in [0.29, 0.717) is 5.13 Å². The first-order valence-electron chi connectivity index (χ1n) is 6.27. The van der Waals surface area contributed by atoms with Crippen LogP contribution in [0.25, 0.3) is 0 Å². The van der Waals surface area contributed by atoms with Crippen LogP contribution in [0.2, 0.25) is 0 Å². The lowest BCUT2D eigenvalue weighted by atomic mass is 10.3. The van der Waals surface area contributed by atoms with Crippen LogP contribution in [0.1, 0.15) is 34.9 Å².